The van der Waals surface area contributed by atoms with Crippen LogP contribution in [-0.4, -0.2) is 23.9 Å². The molecule has 1 aromatic carbocycles. The van der Waals surface area contributed by atoms with E-state index < -0.39 is 0 Å². The fraction of sp³-hybridized carbons (Fsp3) is 0.357. The molecule has 0 fully saturated rings. The van der Waals surface area contributed by atoms with Crippen LogP contribution < -0.4 is 10.1 Å². The van der Waals surface area contributed by atoms with Gasteiger partial charge in [0.25, 0.3) is 0 Å². The van der Waals surface area contributed by atoms with E-state index in [0.717, 1.165) is 27.9 Å². The fourth-order valence-corrected chi connectivity index (χ4v) is 2.62. The molecule has 2 rings (SSSR count). The normalized spacial score (nSPS) is 12.4. The van der Waals surface area contributed by atoms with Crippen LogP contribution in [0.15, 0.2) is 34.9 Å². The highest BCUT2D eigenvalue weighted by Crippen LogP contribution is 2.27. The highest BCUT2D eigenvalue weighted by molar-refractivity contribution is 9.10. The Balaban J connectivity index is 2.28. The summed E-state index contributed by atoms with van der Waals surface area (Å²) in [5.74, 6) is 0.908. The third kappa shape index (κ3) is 3.16. The van der Waals surface area contributed by atoms with Crippen LogP contribution in [0.2, 0.25) is 0 Å². The van der Waals surface area contributed by atoms with E-state index in [1.54, 1.807) is 7.11 Å². The van der Waals surface area contributed by atoms with Crippen molar-refractivity contribution in [1.82, 2.24) is 15.1 Å². The SMILES string of the molecule is CNC(Cc1cc(Br)ccc1OC)c1ccnn1C. The third-order valence-corrected chi connectivity index (χ3v) is 3.72. The molecule has 0 aliphatic carbocycles. The molecule has 19 heavy (non-hydrogen) atoms. The highest BCUT2D eigenvalue weighted by Gasteiger charge is 2.16. The molecule has 1 atom stereocenters. The average Bonchev–Trinajstić information content (AvgIpc) is 2.82. The van der Waals surface area contributed by atoms with Crippen LogP contribution in [0, 0.1) is 0 Å². The Hall–Kier alpha value is -1.33. The molecule has 1 aromatic heterocycles. The van der Waals surface area contributed by atoms with Crippen LogP contribution in [0.4, 0.5) is 0 Å². The van der Waals surface area contributed by atoms with Gasteiger partial charge in [0, 0.05) is 17.7 Å². The summed E-state index contributed by atoms with van der Waals surface area (Å²) in [7, 11) is 5.62. The molecule has 1 unspecified atom stereocenters. The molecule has 0 spiro atoms. The lowest BCUT2D eigenvalue weighted by Crippen LogP contribution is -2.21. The number of hydrogen-bond acceptors (Lipinski definition) is 3. The number of likely N-dealkylation sites (N-methyl/N-ethyl adjacent to an activating group) is 1. The zero-order valence-corrected chi connectivity index (χ0v) is 12.9. The molecular weight excluding hydrogens is 306 g/mol. The standard InChI is InChI=1S/C14H18BrN3O/c1-16-12(13-6-7-17-18(13)2)9-10-8-11(15)4-5-14(10)19-3/h4-8,12,16H,9H2,1-3H3. The van der Waals surface area contributed by atoms with Crippen molar-refractivity contribution in [3.8, 4) is 5.75 Å². The van der Waals surface area contributed by atoms with Gasteiger partial charge in [0.1, 0.15) is 5.75 Å². The maximum absolute atomic E-state index is 5.42. The second kappa shape index (κ2) is 6.21. The first-order chi connectivity index (χ1) is 9.15. The van der Waals surface area contributed by atoms with Crippen molar-refractivity contribution >= 4 is 15.9 Å². The molecule has 102 valence electrons. The molecule has 0 saturated heterocycles. The van der Waals surface area contributed by atoms with Crippen molar-refractivity contribution in [2.45, 2.75) is 12.5 Å². The predicted octanol–water partition coefficient (Wildman–Crippen LogP) is 2.69. The first kappa shape index (κ1) is 14.1. The molecular formula is C14H18BrN3O. The van der Waals surface area contributed by atoms with Crippen LogP contribution in [0.1, 0.15) is 17.3 Å². The van der Waals surface area contributed by atoms with Crippen LogP contribution in [0.3, 0.4) is 0 Å². The van der Waals surface area contributed by atoms with E-state index in [-0.39, 0.29) is 6.04 Å². The second-order valence-corrected chi connectivity index (χ2v) is 5.30. The highest BCUT2D eigenvalue weighted by atomic mass is 79.9. The van der Waals surface area contributed by atoms with Gasteiger partial charge in [-0.1, -0.05) is 15.9 Å². The van der Waals surface area contributed by atoms with E-state index in [1.165, 1.54) is 0 Å². The first-order valence-corrected chi connectivity index (χ1v) is 6.92. The molecule has 0 radical (unpaired) electrons. The summed E-state index contributed by atoms with van der Waals surface area (Å²) >= 11 is 3.51. The summed E-state index contributed by atoms with van der Waals surface area (Å²) in [5.41, 5.74) is 2.32. The van der Waals surface area contributed by atoms with Crippen molar-refractivity contribution in [2.75, 3.05) is 14.2 Å². The number of benzene rings is 1. The quantitative estimate of drug-likeness (QED) is 0.919. The number of halogens is 1. The van der Waals surface area contributed by atoms with E-state index in [9.17, 15) is 0 Å². The summed E-state index contributed by atoms with van der Waals surface area (Å²) < 4.78 is 8.38. The lowest BCUT2D eigenvalue weighted by atomic mass is 10.0. The zero-order valence-electron chi connectivity index (χ0n) is 11.4. The Bertz CT molecular complexity index is 553. The number of methoxy groups -OCH3 is 1. The van der Waals surface area contributed by atoms with Gasteiger partial charge in [0.2, 0.25) is 0 Å². The number of aromatic nitrogens is 2. The minimum absolute atomic E-state index is 0.204. The second-order valence-electron chi connectivity index (χ2n) is 4.38. The van der Waals surface area contributed by atoms with E-state index in [2.05, 4.69) is 32.4 Å². The Morgan fingerprint density at radius 1 is 1.42 bits per heavy atom. The number of aryl methyl sites for hydroxylation is 1. The summed E-state index contributed by atoms with van der Waals surface area (Å²) in [6, 6.07) is 8.30. The molecule has 0 saturated carbocycles. The molecule has 1 heterocycles. The lowest BCUT2D eigenvalue weighted by Gasteiger charge is -2.18. The molecule has 2 aromatic rings. The maximum Gasteiger partial charge on any atom is 0.122 e. The molecule has 0 aliphatic rings. The van der Waals surface area contributed by atoms with Gasteiger partial charge in [-0.05, 0) is 43.3 Å². The minimum atomic E-state index is 0.204. The van der Waals surface area contributed by atoms with Crippen molar-refractivity contribution in [1.29, 1.82) is 0 Å². The van der Waals surface area contributed by atoms with Crippen molar-refractivity contribution in [2.24, 2.45) is 7.05 Å². The van der Waals surface area contributed by atoms with Crippen LogP contribution in [-0.2, 0) is 13.5 Å². The monoisotopic (exact) mass is 323 g/mol. The summed E-state index contributed by atoms with van der Waals surface area (Å²) in [5, 5.41) is 7.56. The van der Waals surface area contributed by atoms with Crippen LogP contribution >= 0.6 is 15.9 Å². The van der Waals surface area contributed by atoms with Crippen molar-refractivity contribution in [3.05, 3.63) is 46.2 Å². The number of rotatable bonds is 5. The molecule has 1 N–H and O–H groups in total. The van der Waals surface area contributed by atoms with Gasteiger partial charge in [-0.25, -0.2) is 0 Å². The van der Waals surface area contributed by atoms with Crippen molar-refractivity contribution in [3.63, 3.8) is 0 Å². The Kier molecular flexibility index (Phi) is 4.61. The molecule has 0 aliphatic heterocycles. The zero-order chi connectivity index (χ0) is 13.8. The summed E-state index contributed by atoms with van der Waals surface area (Å²) in [6.07, 6.45) is 2.66. The van der Waals surface area contributed by atoms with Gasteiger partial charge < -0.3 is 10.1 Å². The molecule has 5 heteroatoms. The van der Waals surface area contributed by atoms with E-state index >= 15 is 0 Å². The van der Waals surface area contributed by atoms with Gasteiger partial charge in [0.05, 0.1) is 18.8 Å². The van der Waals surface area contributed by atoms with E-state index in [1.807, 2.05) is 43.2 Å². The van der Waals surface area contributed by atoms with Crippen LogP contribution in [0.5, 0.6) is 5.75 Å². The predicted molar refractivity (Wildman–Crippen MR) is 79.4 cm³/mol. The fourth-order valence-electron chi connectivity index (χ4n) is 2.21. The number of nitrogens with one attached hydrogen (secondary N) is 1. The number of ether oxygens (including phenoxy) is 1. The largest absolute Gasteiger partial charge is 0.496 e. The van der Waals surface area contributed by atoms with Crippen LogP contribution in [0.25, 0.3) is 0 Å². The van der Waals surface area contributed by atoms with E-state index in [0.29, 0.717) is 0 Å². The number of nitrogens with zero attached hydrogens (tertiary/aromatic N) is 2. The topological polar surface area (TPSA) is 39.1 Å². The summed E-state index contributed by atoms with van der Waals surface area (Å²) in [4.78, 5) is 0. The first-order valence-electron chi connectivity index (χ1n) is 6.13. The van der Waals surface area contributed by atoms with Gasteiger partial charge in [0.15, 0.2) is 0 Å². The molecule has 0 bridgehead atoms. The van der Waals surface area contributed by atoms with E-state index in [4.69, 9.17) is 4.74 Å². The molecule has 4 nitrogen and oxygen atoms in total. The number of hydrogen-bond donors (Lipinski definition) is 1. The minimum Gasteiger partial charge on any atom is -0.496 e. The Morgan fingerprint density at radius 3 is 2.79 bits per heavy atom. The van der Waals surface area contributed by atoms with Gasteiger partial charge in [-0.15, -0.1) is 0 Å². The summed E-state index contributed by atoms with van der Waals surface area (Å²) in [6.45, 7) is 0. The molecule has 0 amide bonds. The smallest absolute Gasteiger partial charge is 0.122 e. The average molecular weight is 324 g/mol. The van der Waals surface area contributed by atoms with Gasteiger partial charge >= 0.3 is 0 Å². The van der Waals surface area contributed by atoms with Gasteiger partial charge in [-0.2, -0.15) is 5.10 Å². The maximum atomic E-state index is 5.42. The Morgan fingerprint density at radius 2 is 2.21 bits per heavy atom. The Labute approximate surface area is 121 Å². The van der Waals surface area contributed by atoms with Gasteiger partial charge in [-0.3, -0.25) is 4.68 Å². The van der Waals surface area contributed by atoms with Crippen molar-refractivity contribution < 1.29 is 4.74 Å². The lowest BCUT2D eigenvalue weighted by molar-refractivity contribution is 0.405. The third-order valence-electron chi connectivity index (χ3n) is 3.23.